The number of hydrogen-bond donors (Lipinski definition) is 0. The summed E-state index contributed by atoms with van der Waals surface area (Å²) in [6.07, 6.45) is 3.70. The Kier molecular flexibility index (Phi) is 3.41. The van der Waals surface area contributed by atoms with Crippen molar-refractivity contribution >= 4 is 17.1 Å². The smallest absolute Gasteiger partial charge is 0.144 e. The molecule has 0 saturated heterocycles. The van der Waals surface area contributed by atoms with Crippen LogP contribution in [0.4, 0.5) is 0 Å². The molecule has 1 fully saturated rings. The first-order valence-corrected chi connectivity index (χ1v) is 5.96. The highest BCUT2D eigenvalue weighted by atomic mass is 32.2. The van der Waals surface area contributed by atoms with Crippen molar-refractivity contribution in [2.24, 2.45) is 10.3 Å². The van der Waals surface area contributed by atoms with Gasteiger partial charge in [-0.05, 0) is 52.9 Å². The maximum Gasteiger partial charge on any atom is 0.144 e. The van der Waals surface area contributed by atoms with Gasteiger partial charge in [-0.3, -0.25) is 0 Å². The van der Waals surface area contributed by atoms with Crippen molar-refractivity contribution in [3.8, 4) is 0 Å². The summed E-state index contributed by atoms with van der Waals surface area (Å²) in [4.78, 5) is 0. The third-order valence-electron chi connectivity index (χ3n) is 2.04. The Morgan fingerprint density at radius 2 is 2.00 bits per heavy atom. The van der Waals surface area contributed by atoms with E-state index in [9.17, 15) is 4.55 Å². The first-order chi connectivity index (χ1) is 5.89. The third kappa shape index (κ3) is 4.14. The summed E-state index contributed by atoms with van der Waals surface area (Å²) in [5, 5.41) is 0. The lowest BCUT2D eigenvalue weighted by molar-refractivity contribution is 0.561. The van der Waals surface area contributed by atoms with Gasteiger partial charge in [0.2, 0.25) is 0 Å². The van der Waals surface area contributed by atoms with Gasteiger partial charge >= 0.3 is 0 Å². The van der Waals surface area contributed by atoms with Crippen LogP contribution in [0.5, 0.6) is 0 Å². The van der Waals surface area contributed by atoms with Crippen molar-refractivity contribution in [1.29, 1.82) is 0 Å². The van der Waals surface area contributed by atoms with Gasteiger partial charge in [0.1, 0.15) is 16.1 Å². The van der Waals surface area contributed by atoms with Gasteiger partial charge in [-0.1, -0.05) is 4.40 Å². The van der Waals surface area contributed by atoms with Crippen LogP contribution in [0.1, 0.15) is 47.0 Å². The topological polar surface area (TPSA) is 35.4 Å². The molecule has 1 unspecified atom stereocenters. The van der Waals surface area contributed by atoms with Crippen LogP contribution >= 0.6 is 0 Å². The summed E-state index contributed by atoms with van der Waals surface area (Å²) >= 11 is -1.07. The van der Waals surface area contributed by atoms with Crippen molar-refractivity contribution in [2.45, 2.75) is 51.7 Å². The minimum atomic E-state index is -1.07. The molecule has 0 amide bonds. The van der Waals surface area contributed by atoms with Gasteiger partial charge in [0.25, 0.3) is 0 Å². The van der Waals surface area contributed by atoms with Gasteiger partial charge in [0, 0.05) is 0 Å². The van der Waals surface area contributed by atoms with Crippen LogP contribution in [0.3, 0.4) is 0 Å². The maximum absolute atomic E-state index is 11.6. The van der Waals surface area contributed by atoms with E-state index in [1.54, 1.807) is 0 Å². The Hall–Kier alpha value is -0.0200. The highest BCUT2D eigenvalue weighted by molar-refractivity contribution is 7.91. The molecular weight excluding hydrogens is 182 g/mol. The second kappa shape index (κ2) is 4.01. The van der Waals surface area contributed by atoms with E-state index in [1.165, 1.54) is 12.8 Å². The molecule has 0 spiro atoms. The highest BCUT2D eigenvalue weighted by Gasteiger charge is 2.28. The zero-order valence-corrected chi connectivity index (χ0v) is 9.78. The fourth-order valence-corrected chi connectivity index (χ4v) is 1.69. The fraction of sp³-hybridized carbons (Fsp3) is 0.900. The van der Waals surface area contributed by atoms with Crippen LogP contribution in [-0.2, 0) is 11.4 Å². The average molecular weight is 201 g/mol. The molecule has 1 atom stereocenters. The average Bonchev–Trinajstić information content (AvgIpc) is 2.68. The summed E-state index contributed by atoms with van der Waals surface area (Å²) in [7, 11) is 0. The molecule has 0 heterocycles. The predicted molar refractivity (Wildman–Crippen MR) is 58.3 cm³/mol. The molecule has 0 N–H and O–H groups in total. The molecule has 2 nitrogen and oxygen atoms in total. The minimum absolute atomic E-state index is 0.217. The van der Waals surface area contributed by atoms with E-state index in [-0.39, 0.29) is 4.75 Å². The Morgan fingerprint density at radius 1 is 1.46 bits per heavy atom. The van der Waals surface area contributed by atoms with Gasteiger partial charge < -0.3 is 4.55 Å². The summed E-state index contributed by atoms with van der Waals surface area (Å²) in [5.74, 6) is 0.834. The molecule has 0 aromatic rings. The largest absolute Gasteiger partial charge is 0.591 e. The maximum atomic E-state index is 11.6. The molecule has 1 aliphatic carbocycles. The Labute approximate surface area is 84.1 Å². The van der Waals surface area contributed by atoms with E-state index < -0.39 is 11.4 Å². The lowest BCUT2D eigenvalue weighted by Gasteiger charge is -2.18. The monoisotopic (exact) mass is 201 g/mol. The van der Waals surface area contributed by atoms with E-state index in [0.29, 0.717) is 0 Å². The molecule has 3 heteroatoms. The van der Waals surface area contributed by atoms with E-state index in [0.717, 1.165) is 18.1 Å². The minimum Gasteiger partial charge on any atom is -0.591 e. The van der Waals surface area contributed by atoms with E-state index in [2.05, 4.69) is 4.40 Å². The van der Waals surface area contributed by atoms with E-state index >= 15 is 0 Å². The molecular formula is C10H19NOS. The molecule has 0 aromatic heterocycles. The predicted octanol–water partition coefficient (Wildman–Crippen LogP) is 2.71. The highest BCUT2D eigenvalue weighted by Crippen LogP contribution is 2.33. The molecule has 1 saturated carbocycles. The SMILES string of the molecule is C/C(CC1CC1)=N/[S+]([O-])C(C)(C)C. The van der Waals surface area contributed by atoms with E-state index in [1.807, 2.05) is 27.7 Å². The van der Waals surface area contributed by atoms with Crippen LogP contribution in [0.2, 0.25) is 0 Å². The molecule has 0 aliphatic heterocycles. The molecule has 13 heavy (non-hydrogen) atoms. The van der Waals surface area contributed by atoms with Crippen molar-refractivity contribution in [3.05, 3.63) is 0 Å². The van der Waals surface area contributed by atoms with Crippen molar-refractivity contribution in [2.75, 3.05) is 0 Å². The first-order valence-electron chi connectivity index (χ1n) is 4.86. The Balaban J connectivity index is 2.42. The summed E-state index contributed by atoms with van der Waals surface area (Å²) in [5.41, 5.74) is 1.05. The lowest BCUT2D eigenvalue weighted by Crippen LogP contribution is -2.26. The molecule has 1 aliphatic rings. The van der Waals surface area contributed by atoms with Crippen LogP contribution in [0.25, 0.3) is 0 Å². The van der Waals surface area contributed by atoms with Crippen LogP contribution in [0, 0.1) is 5.92 Å². The van der Waals surface area contributed by atoms with Crippen LogP contribution in [0.15, 0.2) is 4.40 Å². The third-order valence-corrected chi connectivity index (χ3v) is 3.57. The number of nitrogens with zero attached hydrogens (tertiary/aromatic N) is 1. The van der Waals surface area contributed by atoms with Crippen molar-refractivity contribution < 1.29 is 4.55 Å². The van der Waals surface area contributed by atoms with Crippen LogP contribution < -0.4 is 0 Å². The molecule has 0 aromatic carbocycles. The number of hydrogen-bond acceptors (Lipinski definition) is 2. The zero-order chi connectivity index (χ0) is 10.1. The molecule has 0 bridgehead atoms. The van der Waals surface area contributed by atoms with Gasteiger partial charge in [0.15, 0.2) is 0 Å². The van der Waals surface area contributed by atoms with Crippen molar-refractivity contribution in [1.82, 2.24) is 0 Å². The Bertz CT molecular complexity index is 203. The van der Waals surface area contributed by atoms with Gasteiger partial charge in [-0.2, -0.15) is 0 Å². The second-order valence-corrected chi connectivity index (χ2v) is 6.74. The molecule has 1 rings (SSSR count). The second-order valence-electron chi connectivity index (χ2n) is 4.84. The zero-order valence-electron chi connectivity index (χ0n) is 8.96. The van der Waals surface area contributed by atoms with Crippen LogP contribution in [-0.4, -0.2) is 15.0 Å². The molecule has 76 valence electrons. The van der Waals surface area contributed by atoms with E-state index in [4.69, 9.17) is 0 Å². The Morgan fingerprint density at radius 3 is 2.38 bits per heavy atom. The normalized spacial score (nSPS) is 21.8. The van der Waals surface area contributed by atoms with Gasteiger partial charge in [-0.15, -0.1) is 0 Å². The lowest BCUT2D eigenvalue weighted by atomic mass is 10.2. The van der Waals surface area contributed by atoms with Gasteiger partial charge in [-0.25, -0.2) is 0 Å². The summed E-state index contributed by atoms with van der Waals surface area (Å²) < 4.78 is 15.6. The number of rotatable bonds is 3. The molecule has 0 radical (unpaired) electrons. The summed E-state index contributed by atoms with van der Waals surface area (Å²) in [6, 6.07) is 0. The van der Waals surface area contributed by atoms with Gasteiger partial charge in [0.05, 0.1) is 5.71 Å². The fourth-order valence-electron chi connectivity index (χ4n) is 1.06. The summed E-state index contributed by atoms with van der Waals surface area (Å²) in [6.45, 7) is 7.85. The van der Waals surface area contributed by atoms with Crippen molar-refractivity contribution in [3.63, 3.8) is 0 Å². The standard InChI is InChI=1S/C10H19NOS/c1-8(7-9-5-6-9)11-13(12)10(2,3)4/h9H,5-7H2,1-4H3/b11-8-. The first kappa shape index (κ1) is 11.1. The quantitative estimate of drug-likeness (QED) is 0.511.